The number of aromatic nitrogens is 3. The SMILES string of the molecule is Cc1c(C(=O)N2CCOCC2(C)C)nnn1-c1cccc(Br)c1. The second-order valence-electron chi connectivity index (χ2n) is 6.24. The van der Waals surface area contributed by atoms with Crippen molar-refractivity contribution in [2.45, 2.75) is 26.3 Å². The molecule has 0 atom stereocenters. The highest BCUT2D eigenvalue weighted by atomic mass is 79.9. The van der Waals surface area contributed by atoms with Crippen LogP contribution in [-0.2, 0) is 4.74 Å². The Morgan fingerprint density at radius 2 is 2.17 bits per heavy atom. The minimum atomic E-state index is -0.346. The molecule has 0 aliphatic carbocycles. The number of morpholine rings is 1. The maximum atomic E-state index is 12.9. The zero-order valence-corrected chi connectivity index (χ0v) is 15.0. The maximum absolute atomic E-state index is 12.9. The number of carbonyl (C=O) groups excluding carboxylic acids is 1. The Balaban J connectivity index is 1.94. The molecule has 0 radical (unpaired) electrons. The van der Waals surface area contributed by atoms with Gasteiger partial charge in [0.1, 0.15) is 0 Å². The quantitative estimate of drug-likeness (QED) is 0.805. The molecule has 3 rings (SSSR count). The number of rotatable bonds is 2. The van der Waals surface area contributed by atoms with E-state index in [-0.39, 0.29) is 11.4 Å². The predicted octanol–water partition coefficient (Wildman–Crippen LogP) is 2.59. The van der Waals surface area contributed by atoms with Crippen LogP contribution >= 0.6 is 15.9 Å². The molecule has 122 valence electrons. The lowest BCUT2D eigenvalue weighted by atomic mass is 10.0. The first-order valence-electron chi connectivity index (χ1n) is 7.48. The van der Waals surface area contributed by atoms with E-state index in [9.17, 15) is 4.79 Å². The number of amides is 1. The normalized spacial score (nSPS) is 17.3. The Hall–Kier alpha value is -1.73. The van der Waals surface area contributed by atoms with E-state index >= 15 is 0 Å². The summed E-state index contributed by atoms with van der Waals surface area (Å²) in [4.78, 5) is 14.7. The number of nitrogens with zero attached hydrogens (tertiary/aromatic N) is 4. The summed E-state index contributed by atoms with van der Waals surface area (Å²) in [6.45, 7) is 7.50. The van der Waals surface area contributed by atoms with Gasteiger partial charge in [0.25, 0.3) is 5.91 Å². The van der Waals surface area contributed by atoms with E-state index in [0.29, 0.717) is 25.5 Å². The molecule has 23 heavy (non-hydrogen) atoms. The predicted molar refractivity (Wildman–Crippen MR) is 89.7 cm³/mol. The van der Waals surface area contributed by atoms with E-state index in [0.717, 1.165) is 15.9 Å². The Morgan fingerprint density at radius 3 is 2.87 bits per heavy atom. The van der Waals surface area contributed by atoms with Crippen LogP contribution in [0.2, 0.25) is 0 Å². The standard InChI is InChI=1S/C16H19BrN4O2/c1-11-14(15(22)20-7-8-23-10-16(20,2)3)18-19-21(11)13-6-4-5-12(17)9-13/h4-6,9H,7-8,10H2,1-3H3. The number of halogens is 1. The van der Waals surface area contributed by atoms with Crippen molar-refractivity contribution in [3.8, 4) is 5.69 Å². The number of carbonyl (C=O) groups is 1. The van der Waals surface area contributed by atoms with Gasteiger partial charge in [-0.25, -0.2) is 4.68 Å². The minimum Gasteiger partial charge on any atom is -0.377 e. The summed E-state index contributed by atoms with van der Waals surface area (Å²) in [5.74, 6) is -0.1000. The highest BCUT2D eigenvalue weighted by Gasteiger charge is 2.36. The molecule has 7 heteroatoms. The maximum Gasteiger partial charge on any atom is 0.276 e. The lowest BCUT2D eigenvalue weighted by molar-refractivity contribution is -0.0373. The van der Waals surface area contributed by atoms with Crippen LogP contribution in [0.1, 0.15) is 30.0 Å². The van der Waals surface area contributed by atoms with Gasteiger partial charge in [0, 0.05) is 11.0 Å². The molecule has 1 amide bonds. The Kier molecular flexibility index (Phi) is 4.25. The summed E-state index contributed by atoms with van der Waals surface area (Å²) in [7, 11) is 0. The highest BCUT2D eigenvalue weighted by molar-refractivity contribution is 9.10. The van der Waals surface area contributed by atoms with Crippen molar-refractivity contribution < 1.29 is 9.53 Å². The van der Waals surface area contributed by atoms with Gasteiger partial charge in [0.2, 0.25) is 0 Å². The molecule has 6 nitrogen and oxygen atoms in total. The van der Waals surface area contributed by atoms with Crippen LogP contribution in [-0.4, -0.2) is 51.1 Å². The summed E-state index contributed by atoms with van der Waals surface area (Å²) >= 11 is 3.45. The van der Waals surface area contributed by atoms with Crippen molar-refractivity contribution in [1.29, 1.82) is 0 Å². The Morgan fingerprint density at radius 1 is 1.39 bits per heavy atom. The molecule has 1 fully saturated rings. The van der Waals surface area contributed by atoms with Crippen LogP contribution in [0.4, 0.5) is 0 Å². The molecule has 0 unspecified atom stereocenters. The summed E-state index contributed by atoms with van der Waals surface area (Å²) in [5.41, 5.74) is 1.64. The van der Waals surface area contributed by atoms with Crippen molar-refractivity contribution in [1.82, 2.24) is 19.9 Å². The first-order chi connectivity index (χ1) is 10.9. The van der Waals surface area contributed by atoms with Crippen LogP contribution in [0.3, 0.4) is 0 Å². The highest BCUT2D eigenvalue weighted by Crippen LogP contribution is 2.23. The second-order valence-corrected chi connectivity index (χ2v) is 7.15. The molecule has 2 heterocycles. The van der Waals surface area contributed by atoms with E-state index in [4.69, 9.17) is 4.74 Å². The van der Waals surface area contributed by atoms with Crippen molar-refractivity contribution in [2.75, 3.05) is 19.8 Å². The fraction of sp³-hybridized carbons (Fsp3) is 0.438. The molecule has 1 aromatic heterocycles. The van der Waals surface area contributed by atoms with Crippen LogP contribution in [0, 0.1) is 6.92 Å². The third-order valence-electron chi connectivity index (χ3n) is 4.04. The molecular formula is C16H19BrN4O2. The van der Waals surface area contributed by atoms with Gasteiger partial charge >= 0.3 is 0 Å². The number of hydrogen-bond acceptors (Lipinski definition) is 4. The second kappa shape index (κ2) is 6.05. The molecule has 0 spiro atoms. The lowest BCUT2D eigenvalue weighted by Gasteiger charge is -2.41. The molecule has 0 N–H and O–H groups in total. The van der Waals surface area contributed by atoms with Gasteiger partial charge in [-0.1, -0.05) is 27.2 Å². The zero-order valence-electron chi connectivity index (χ0n) is 13.4. The van der Waals surface area contributed by atoms with Crippen LogP contribution in [0.25, 0.3) is 5.69 Å². The summed E-state index contributed by atoms with van der Waals surface area (Å²) in [6, 6.07) is 7.74. The molecule has 1 aliphatic rings. The van der Waals surface area contributed by atoms with Crippen LogP contribution in [0.5, 0.6) is 0 Å². The van der Waals surface area contributed by atoms with Crippen LogP contribution in [0.15, 0.2) is 28.7 Å². The summed E-state index contributed by atoms with van der Waals surface area (Å²) in [5, 5.41) is 8.29. The fourth-order valence-corrected chi connectivity index (χ4v) is 3.13. The van der Waals surface area contributed by atoms with E-state index in [1.165, 1.54) is 0 Å². The zero-order chi connectivity index (χ0) is 16.6. The molecule has 0 saturated carbocycles. The molecule has 0 bridgehead atoms. The third kappa shape index (κ3) is 3.03. The van der Waals surface area contributed by atoms with Gasteiger partial charge in [-0.2, -0.15) is 0 Å². The van der Waals surface area contributed by atoms with Crippen molar-refractivity contribution >= 4 is 21.8 Å². The summed E-state index contributed by atoms with van der Waals surface area (Å²) < 4.78 is 8.12. The first-order valence-corrected chi connectivity index (χ1v) is 8.27. The lowest BCUT2D eigenvalue weighted by Crippen LogP contribution is -2.55. The largest absolute Gasteiger partial charge is 0.377 e. The number of hydrogen-bond donors (Lipinski definition) is 0. The van der Waals surface area contributed by atoms with E-state index < -0.39 is 0 Å². The van der Waals surface area contributed by atoms with Crippen molar-refractivity contribution in [2.24, 2.45) is 0 Å². The van der Waals surface area contributed by atoms with Crippen LogP contribution < -0.4 is 0 Å². The van der Waals surface area contributed by atoms with E-state index in [2.05, 4.69) is 26.2 Å². The van der Waals surface area contributed by atoms with Crippen molar-refractivity contribution in [3.05, 3.63) is 40.1 Å². The van der Waals surface area contributed by atoms with Gasteiger partial charge in [-0.15, -0.1) is 5.10 Å². The van der Waals surface area contributed by atoms with Gasteiger partial charge < -0.3 is 9.64 Å². The topological polar surface area (TPSA) is 60.3 Å². The monoisotopic (exact) mass is 378 g/mol. The van der Waals surface area contributed by atoms with E-state index in [1.54, 1.807) is 4.68 Å². The minimum absolute atomic E-state index is 0.1000. The Bertz CT molecular complexity index is 741. The summed E-state index contributed by atoms with van der Waals surface area (Å²) in [6.07, 6.45) is 0. The molecule has 1 aliphatic heterocycles. The third-order valence-corrected chi connectivity index (χ3v) is 4.53. The average molecular weight is 379 g/mol. The van der Waals surface area contributed by atoms with Gasteiger partial charge in [-0.3, -0.25) is 4.79 Å². The molecule has 1 saturated heterocycles. The molecular weight excluding hydrogens is 360 g/mol. The molecule has 1 aromatic carbocycles. The van der Waals surface area contributed by atoms with E-state index in [1.807, 2.05) is 49.9 Å². The smallest absolute Gasteiger partial charge is 0.276 e. The fourth-order valence-electron chi connectivity index (χ4n) is 2.74. The van der Waals surface area contributed by atoms with Crippen molar-refractivity contribution in [3.63, 3.8) is 0 Å². The number of ether oxygens (including phenoxy) is 1. The Labute approximate surface area is 143 Å². The molecule has 2 aromatic rings. The average Bonchev–Trinajstić information content (AvgIpc) is 2.88. The van der Waals surface area contributed by atoms with Gasteiger partial charge in [0.05, 0.1) is 30.1 Å². The first kappa shape index (κ1) is 16.1. The van der Waals surface area contributed by atoms with Gasteiger partial charge in [0.15, 0.2) is 5.69 Å². The number of benzene rings is 1. The van der Waals surface area contributed by atoms with Gasteiger partial charge in [-0.05, 0) is 39.0 Å².